The molecule has 2 aromatic rings. The average Bonchev–Trinajstić information content (AvgIpc) is 2.66. The van der Waals surface area contributed by atoms with E-state index in [-0.39, 0.29) is 17.8 Å². The Bertz CT molecular complexity index is 895. The van der Waals surface area contributed by atoms with Crippen LogP contribution in [0.5, 0.6) is 5.75 Å². The standard InChI is InChI=1S/C22H30AsN3O3/c1-22(2,3)29-21(28)26-10-6-7-14(13-26)16-11-18(25-20(23)17(16)12-24)15-8-4-5-9-19(15)27/h4-5,8-9,11,14,27H,6-7,10,12-13,23-24H2,1-3H3. The number of nitrogens with zero attached hydrogens (tertiary/aromatic N) is 2. The molecule has 1 fully saturated rings. The quantitative estimate of drug-likeness (QED) is 0.688. The molecule has 0 aliphatic carbocycles. The van der Waals surface area contributed by atoms with Crippen molar-refractivity contribution in [2.45, 2.75) is 51.7 Å². The fraction of sp³-hybridized carbons (Fsp3) is 0.455. The van der Waals surface area contributed by atoms with Gasteiger partial charge in [0.1, 0.15) is 0 Å². The maximum absolute atomic E-state index is 12.6. The first-order valence-electron chi connectivity index (χ1n) is 9.95. The predicted octanol–water partition coefficient (Wildman–Crippen LogP) is 2.29. The van der Waals surface area contributed by atoms with Gasteiger partial charge in [-0.25, -0.2) is 0 Å². The number of carbonyl (C=O) groups excluding carboxylic acids is 1. The van der Waals surface area contributed by atoms with Crippen LogP contribution in [-0.2, 0) is 11.3 Å². The number of hydrogen-bond donors (Lipinski definition) is 2. The molecular formula is C22H30AsN3O3. The van der Waals surface area contributed by atoms with Crippen molar-refractivity contribution in [2.75, 3.05) is 13.1 Å². The van der Waals surface area contributed by atoms with Crippen LogP contribution in [0.3, 0.4) is 0 Å². The fourth-order valence-corrected chi connectivity index (χ4v) is 4.64. The Labute approximate surface area is 181 Å². The summed E-state index contributed by atoms with van der Waals surface area (Å²) in [6.07, 6.45) is 1.61. The van der Waals surface area contributed by atoms with Crippen molar-refractivity contribution in [1.82, 2.24) is 9.88 Å². The first-order valence-corrected chi connectivity index (χ1v) is 11.2. The van der Waals surface area contributed by atoms with Crippen molar-refractivity contribution in [3.8, 4) is 17.0 Å². The van der Waals surface area contributed by atoms with Gasteiger partial charge in [-0.3, -0.25) is 0 Å². The van der Waals surface area contributed by atoms with Gasteiger partial charge in [-0.15, -0.1) is 0 Å². The van der Waals surface area contributed by atoms with Crippen LogP contribution in [-0.4, -0.2) is 56.6 Å². The molecule has 1 aromatic carbocycles. The van der Waals surface area contributed by atoms with Crippen LogP contribution >= 0.6 is 0 Å². The van der Waals surface area contributed by atoms with E-state index in [2.05, 4.69) is 0 Å². The number of hydrogen-bond acceptors (Lipinski definition) is 5. The van der Waals surface area contributed by atoms with Gasteiger partial charge in [0.15, 0.2) is 0 Å². The average molecular weight is 459 g/mol. The van der Waals surface area contributed by atoms with Gasteiger partial charge in [0, 0.05) is 0 Å². The Kier molecular flexibility index (Phi) is 6.55. The summed E-state index contributed by atoms with van der Waals surface area (Å²) in [6, 6.07) is 9.25. The monoisotopic (exact) mass is 459 g/mol. The van der Waals surface area contributed by atoms with Gasteiger partial charge in [-0.2, -0.15) is 0 Å². The summed E-state index contributed by atoms with van der Waals surface area (Å²) >= 11 is 1.41. The number of aromatic nitrogens is 1. The minimum absolute atomic E-state index is 0.164. The molecule has 7 heteroatoms. The number of pyridine rings is 1. The Balaban J connectivity index is 1.94. The number of carbonyl (C=O) groups is 1. The van der Waals surface area contributed by atoms with Gasteiger partial charge in [0.05, 0.1) is 0 Å². The summed E-state index contributed by atoms with van der Waals surface area (Å²) in [5.74, 6) is 0.370. The SMILES string of the molecule is CC(C)(C)OC(=O)N1CCCC(c2cc(-c3ccccc3O)nc([AsH2])c2CN)C1. The Morgan fingerprint density at radius 3 is 2.76 bits per heavy atom. The summed E-state index contributed by atoms with van der Waals surface area (Å²) in [6.45, 7) is 7.34. The third-order valence-electron chi connectivity index (χ3n) is 5.09. The molecule has 2 unspecified atom stereocenters. The Morgan fingerprint density at radius 2 is 2.10 bits per heavy atom. The van der Waals surface area contributed by atoms with Crippen LogP contribution in [0.25, 0.3) is 11.3 Å². The first-order chi connectivity index (χ1) is 13.7. The van der Waals surface area contributed by atoms with Gasteiger partial charge in [-0.05, 0) is 0 Å². The van der Waals surface area contributed by atoms with E-state index in [4.69, 9.17) is 15.5 Å². The van der Waals surface area contributed by atoms with E-state index in [1.807, 2.05) is 39.0 Å². The van der Waals surface area contributed by atoms with Gasteiger partial charge in [0.25, 0.3) is 0 Å². The summed E-state index contributed by atoms with van der Waals surface area (Å²) < 4.78 is 6.49. The summed E-state index contributed by atoms with van der Waals surface area (Å²) in [4.78, 5) is 19.1. The van der Waals surface area contributed by atoms with Crippen molar-refractivity contribution < 1.29 is 14.6 Å². The van der Waals surface area contributed by atoms with Gasteiger partial charge in [0.2, 0.25) is 0 Å². The predicted molar refractivity (Wildman–Crippen MR) is 117 cm³/mol. The zero-order valence-corrected chi connectivity index (χ0v) is 19.7. The van der Waals surface area contributed by atoms with E-state index in [1.165, 1.54) is 16.9 Å². The molecule has 1 aromatic heterocycles. The molecule has 156 valence electrons. The second-order valence-electron chi connectivity index (χ2n) is 8.45. The number of benzene rings is 1. The van der Waals surface area contributed by atoms with Crippen molar-refractivity contribution in [1.29, 1.82) is 0 Å². The minimum atomic E-state index is -0.514. The molecule has 1 aliphatic heterocycles. The number of nitrogens with two attached hydrogens (primary N) is 1. The number of likely N-dealkylation sites (tertiary alicyclic amines) is 1. The molecule has 1 saturated heterocycles. The fourth-order valence-electron chi connectivity index (χ4n) is 3.75. The molecular weight excluding hydrogens is 429 g/mol. The van der Waals surface area contributed by atoms with Gasteiger partial charge >= 0.3 is 181 Å². The molecule has 1 amide bonds. The van der Waals surface area contributed by atoms with Crippen LogP contribution in [0, 0.1) is 0 Å². The molecule has 0 radical (unpaired) electrons. The number of piperidine rings is 1. The normalized spacial score (nSPS) is 17.3. The second kappa shape index (κ2) is 8.76. The van der Waals surface area contributed by atoms with Crippen LogP contribution in [0.4, 0.5) is 4.79 Å². The van der Waals surface area contributed by atoms with Gasteiger partial charge < -0.3 is 0 Å². The van der Waals surface area contributed by atoms with E-state index in [1.54, 1.807) is 17.0 Å². The summed E-state index contributed by atoms with van der Waals surface area (Å²) in [7, 11) is 0. The number of ether oxygens (including phenoxy) is 1. The number of rotatable bonds is 3. The zero-order valence-electron chi connectivity index (χ0n) is 17.3. The van der Waals surface area contributed by atoms with E-state index in [9.17, 15) is 9.90 Å². The van der Waals surface area contributed by atoms with E-state index in [0.29, 0.717) is 25.2 Å². The third kappa shape index (κ3) is 5.12. The molecule has 0 bridgehead atoms. The van der Waals surface area contributed by atoms with Crippen LogP contribution < -0.4 is 10.2 Å². The van der Waals surface area contributed by atoms with Gasteiger partial charge in [-0.1, -0.05) is 0 Å². The molecule has 3 N–H and O–H groups in total. The zero-order chi connectivity index (χ0) is 21.2. The second-order valence-corrected chi connectivity index (χ2v) is 9.59. The molecule has 29 heavy (non-hydrogen) atoms. The van der Waals surface area contributed by atoms with Crippen molar-refractivity contribution in [3.63, 3.8) is 0 Å². The van der Waals surface area contributed by atoms with Crippen molar-refractivity contribution in [3.05, 3.63) is 41.5 Å². The molecule has 2 atom stereocenters. The number of phenols is 1. The molecule has 6 nitrogen and oxygen atoms in total. The van der Waals surface area contributed by atoms with E-state index in [0.717, 1.165) is 34.1 Å². The van der Waals surface area contributed by atoms with Crippen LogP contribution in [0.15, 0.2) is 30.3 Å². The topological polar surface area (TPSA) is 88.7 Å². The maximum atomic E-state index is 12.6. The first kappa shape index (κ1) is 21.7. The molecule has 1 aliphatic rings. The summed E-state index contributed by atoms with van der Waals surface area (Å²) in [5, 5.41) is 10.3. The number of aromatic hydroxyl groups is 1. The third-order valence-corrected chi connectivity index (χ3v) is 6.09. The number of amides is 1. The van der Waals surface area contributed by atoms with E-state index < -0.39 is 5.60 Å². The number of para-hydroxylation sites is 1. The number of phenolic OH excluding ortho intramolecular Hbond substituents is 1. The summed E-state index contributed by atoms with van der Waals surface area (Å²) in [5.41, 5.74) is 9.16. The van der Waals surface area contributed by atoms with E-state index >= 15 is 0 Å². The van der Waals surface area contributed by atoms with Crippen LogP contribution in [0.1, 0.15) is 50.7 Å². The van der Waals surface area contributed by atoms with Crippen molar-refractivity contribution >= 4 is 27.4 Å². The molecule has 3 rings (SSSR count). The Hall–Kier alpha value is -2.04. The molecule has 0 spiro atoms. The molecule has 0 saturated carbocycles. The molecule has 2 heterocycles. The Morgan fingerprint density at radius 1 is 1.38 bits per heavy atom. The van der Waals surface area contributed by atoms with Crippen molar-refractivity contribution in [2.24, 2.45) is 5.73 Å². The van der Waals surface area contributed by atoms with Crippen LogP contribution in [0.2, 0.25) is 0 Å².